The molecule has 0 bridgehead atoms. The molecule has 0 aliphatic carbocycles. The first-order valence-corrected chi connectivity index (χ1v) is 6.01. The molecule has 1 aromatic carbocycles. The monoisotopic (exact) mass is 269 g/mol. The molecule has 1 heterocycles. The molecule has 1 atom stereocenters. The molecule has 0 saturated carbocycles. The van der Waals surface area contributed by atoms with E-state index < -0.39 is 11.7 Å². The van der Waals surface area contributed by atoms with Gasteiger partial charge in [0.05, 0.1) is 11.6 Å². The van der Waals surface area contributed by atoms with E-state index in [9.17, 15) is 13.2 Å². The van der Waals surface area contributed by atoms with Gasteiger partial charge in [-0.1, -0.05) is 18.2 Å². The number of halogens is 3. The smallest absolute Gasteiger partial charge is 0.313 e. The van der Waals surface area contributed by atoms with Crippen LogP contribution < -0.4 is 5.32 Å². The van der Waals surface area contributed by atoms with E-state index in [4.69, 9.17) is 5.26 Å². The maximum atomic E-state index is 12.6. The van der Waals surface area contributed by atoms with E-state index in [0.717, 1.165) is 18.7 Å². The number of alkyl halides is 3. The van der Waals surface area contributed by atoms with Gasteiger partial charge in [0.25, 0.3) is 0 Å². The van der Waals surface area contributed by atoms with Crippen molar-refractivity contribution in [2.75, 3.05) is 19.6 Å². The standard InChI is InChI=1S/C13H14F3N3/c14-13(15,16)11-3-1-2-10(6-11)9-19-5-4-18-8-12(19)7-17/h1-3,6,12,18H,4-5,8-9H2. The van der Waals surface area contributed by atoms with Gasteiger partial charge in [0, 0.05) is 26.2 Å². The van der Waals surface area contributed by atoms with Crippen molar-refractivity contribution in [3.8, 4) is 6.07 Å². The molecule has 19 heavy (non-hydrogen) atoms. The summed E-state index contributed by atoms with van der Waals surface area (Å²) in [5, 5.41) is 12.1. The van der Waals surface area contributed by atoms with Crippen molar-refractivity contribution in [1.82, 2.24) is 10.2 Å². The van der Waals surface area contributed by atoms with E-state index in [0.29, 0.717) is 25.2 Å². The van der Waals surface area contributed by atoms with Gasteiger partial charge in [-0.15, -0.1) is 0 Å². The topological polar surface area (TPSA) is 39.1 Å². The highest BCUT2D eigenvalue weighted by molar-refractivity contribution is 5.26. The molecule has 2 rings (SSSR count). The number of hydrogen-bond acceptors (Lipinski definition) is 3. The Bertz CT molecular complexity index is 479. The molecule has 1 unspecified atom stereocenters. The zero-order valence-corrected chi connectivity index (χ0v) is 10.2. The van der Waals surface area contributed by atoms with Crippen LogP contribution in [0.5, 0.6) is 0 Å². The Morgan fingerprint density at radius 1 is 1.42 bits per heavy atom. The number of piperazine rings is 1. The zero-order valence-electron chi connectivity index (χ0n) is 10.2. The third kappa shape index (κ3) is 3.46. The molecular weight excluding hydrogens is 255 g/mol. The number of benzene rings is 1. The predicted molar refractivity (Wildman–Crippen MR) is 64.1 cm³/mol. The first-order chi connectivity index (χ1) is 9.00. The molecule has 1 aliphatic rings. The summed E-state index contributed by atoms with van der Waals surface area (Å²) in [6.45, 7) is 2.32. The summed E-state index contributed by atoms with van der Waals surface area (Å²) in [5.74, 6) is 0. The van der Waals surface area contributed by atoms with Gasteiger partial charge in [0.15, 0.2) is 0 Å². The molecule has 1 aromatic rings. The Morgan fingerprint density at radius 3 is 2.89 bits per heavy atom. The summed E-state index contributed by atoms with van der Waals surface area (Å²) >= 11 is 0. The van der Waals surface area contributed by atoms with Gasteiger partial charge >= 0.3 is 6.18 Å². The molecule has 1 N–H and O–H groups in total. The summed E-state index contributed by atoms with van der Waals surface area (Å²) in [5.41, 5.74) is -0.0642. The van der Waals surface area contributed by atoms with E-state index in [1.807, 2.05) is 4.90 Å². The van der Waals surface area contributed by atoms with Crippen molar-refractivity contribution < 1.29 is 13.2 Å². The molecular formula is C13H14F3N3. The van der Waals surface area contributed by atoms with Gasteiger partial charge in [-0.3, -0.25) is 4.90 Å². The van der Waals surface area contributed by atoms with Gasteiger partial charge in [-0.05, 0) is 11.6 Å². The fourth-order valence-electron chi connectivity index (χ4n) is 2.14. The van der Waals surface area contributed by atoms with E-state index >= 15 is 0 Å². The normalized spacial score (nSPS) is 21.1. The summed E-state index contributed by atoms with van der Waals surface area (Å²) in [7, 11) is 0. The maximum Gasteiger partial charge on any atom is 0.416 e. The van der Waals surface area contributed by atoms with Crippen LogP contribution in [0.15, 0.2) is 24.3 Å². The lowest BCUT2D eigenvalue weighted by molar-refractivity contribution is -0.137. The molecule has 3 nitrogen and oxygen atoms in total. The maximum absolute atomic E-state index is 12.6. The van der Waals surface area contributed by atoms with Gasteiger partial charge in [-0.25, -0.2) is 0 Å². The lowest BCUT2D eigenvalue weighted by Crippen LogP contribution is -2.49. The van der Waals surface area contributed by atoms with Crippen LogP contribution in [-0.2, 0) is 12.7 Å². The van der Waals surface area contributed by atoms with Gasteiger partial charge < -0.3 is 5.32 Å². The van der Waals surface area contributed by atoms with Gasteiger partial charge in [-0.2, -0.15) is 18.4 Å². The minimum absolute atomic E-state index is 0.289. The fraction of sp³-hybridized carbons (Fsp3) is 0.462. The average Bonchev–Trinajstić information content (AvgIpc) is 2.39. The second-order valence-corrected chi connectivity index (χ2v) is 4.52. The van der Waals surface area contributed by atoms with E-state index in [1.165, 1.54) is 6.07 Å². The summed E-state index contributed by atoms with van der Waals surface area (Å²) in [6.07, 6.45) is -4.33. The molecule has 0 radical (unpaired) electrons. The Balaban J connectivity index is 2.12. The van der Waals surface area contributed by atoms with E-state index in [2.05, 4.69) is 11.4 Å². The van der Waals surface area contributed by atoms with Gasteiger partial charge in [0.2, 0.25) is 0 Å². The number of nitrogens with zero attached hydrogens (tertiary/aromatic N) is 2. The molecule has 1 saturated heterocycles. The van der Waals surface area contributed by atoms with Crippen LogP contribution >= 0.6 is 0 Å². The Kier molecular flexibility index (Phi) is 4.08. The molecule has 1 fully saturated rings. The van der Waals surface area contributed by atoms with Crippen molar-refractivity contribution in [3.63, 3.8) is 0 Å². The van der Waals surface area contributed by atoms with Crippen molar-refractivity contribution in [1.29, 1.82) is 5.26 Å². The van der Waals surface area contributed by atoms with Crippen molar-refractivity contribution in [2.24, 2.45) is 0 Å². The average molecular weight is 269 g/mol. The minimum Gasteiger partial charge on any atom is -0.313 e. The Morgan fingerprint density at radius 2 is 2.21 bits per heavy atom. The third-order valence-corrected chi connectivity index (χ3v) is 3.14. The highest BCUT2D eigenvalue weighted by Gasteiger charge is 2.30. The first kappa shape index (κ1) is 13.8. The molecule has 6 heteroatoms. The van der Waals surface area contributed by atoms with Crippen LogP contribution in [0.4, 0.5) is 13.2 Å². The van der Waals surface area contributed by atoms with Crippen LogP contribution in [0.2, 0.25) is 0 Å². The minimum atomic E-state index is -4.33. The number of nitriles is 1. The van der Waals surface area contributed by atoms with Crippen LogP contribution in [0, 0.1) is 11.3 Å². The van der Waals surface area contributed by atoms with Crippen LogP contribution in [0.25, 0.3) is 0 Å². The second-order valence-electron chi connectivity index (χ2n) is 4.52. The highest BCUT2D eigenvalue weighted by Crippen LogP contribution is 2.29. The number of nitrogens with one attached hydrogen (secondary N) is 1. The second kappa shape index (κ2) is 5.59. The van der Waals surface area contributed by atoms with Crippen LogP contribution in [0.1, 0.15) is 11.1 Å². The highest BCUT2D eigenvalue weighted by atomic mass is 19.4. The van der Waals surface area contributed by atoms with E-state index in [1.54, 1.807) is 6.07 Å². The molecule has 1 aliphatic heterocycles. The van der Waals surface area contributed by atoms with E-state index in [-0.39, 0.29) is 6.04 Å². The SMILES string of the molecule is N#CC1CNCCN1Cc1cccc(C(F)(F)F)c1. The third-order valence-electron chi connectivity index (χ3n) is 3.14. The zero-order chi connectivity index (χ0) is 13.9. The van der Waals surface area contributed by atoms with Crippen molar-refractivity contribution in [3.05, 3.63) is 35.4 Å². The molecule has 102 valence electrons. The first-order valence-electron chi connectivity index (χ1n) is 6.01. The van der Waals surface area contributed by atoms with Gasteiger partial charge in [0.1, 0.15) is 6.04 Å². The van der Waals surface area contributed by atoms with Crippen molar-refractivity contribution in [2.45, 2.75) is 18.8 Å². The lowest BCUT2D eigenvalue weighted by atomic mass is 10.1. The summed E-state index contributed by atoms with van der Waals surface area (Å²) in [6, 6.07) is 7.14. The summed E-state index contributed by atoms with van der Waals surface area (Å²) in [4.78, 5) is 1.89. The molecule has 0 aromatic heterocycles. The van der Waals surface area contributed by atoms with Crippen LogP contribution in [0.3, 0.4) is 0 Å². The molecule has 0 spiro atoms. The predicted octanol–water partition coefficient (Wildman–Crippen LogP) is 2.00. The quantitative estimate of drug-likeness (QED) is 0.892. The number of rotatable bonds is 2. The number of hydrogen-bond donors (Lipinski definition) is 1. The summed E-state index contributed by atoms with van der Waals surface area (Å²) < 4.78 is 37.8. The Labute approximate surface area is 109 Å². The fourth-order valence-corrected chi connectivity index (χ4v) is 2.14. The largest absolute Gasteiger partial charge is 0.416 e. The van der Waals surface area contributed by atoms with Crippen LogP contribution in [-0.4, -0.2) is 30.6 Å². The Hall–Kier alpha value is -1.58. The molecule has 0 amide bonds. The van der Waals surface area contributed by atoms with Crippen molar-refractivity contribution >= 4 is 0 Å². The lowest BCUT2D eigenvalue weighted by Gasteiger charge is -2.31.